The van der Waals surface area contributed by atoms with Gasteiger partial charge in [0.05, 0.1) is 27.3 Å². The molecule has 3 heterocycles. The maximum atomic E-state index is 13.1. The van der Waals surface area contributed by atoms with Crippen LogP contribution in [0, 0.1) is 13.8 Å². The van der Waals surface area contributed by atoms with Crippen molar-refractivity contribution in [3.05, 3.63) is 87.7 Å². The van der Waals surface area contributed by atoms with Crippen LogP contribution in [0.1, 0.15) is 50.1 Å². The molecule has 0 spiro atoms. The van der Waals surface area contributed by atoms with Gasteiger partial charge in [-0.25, -0.2) is 19.6 Å². The van der Waals surface area contributed by atoms with E-state index < -0.39 is 41.2 Å². The number of esters is 2. The van der Waals surface area contributed by atoms with Crippen molar-refractivity contribution >= 4 is 45.4 Å². The standard InChI is InChI=1S/C30H30ClN3O7S/c1-17-4-8-19(9-5-17)28(36)39-16-23-22(41-29(37)20-10-6-18(2)7-11-20)14-24(40-23)34-15-21(12-13-35)25-26(31)32-30(42(3)38)33-27(25)34/h4-11,15,22-24,35H,12-14,16H2,1-3H3/t22-,23+,24+,42?/m0/s1. The minimum atomic E-state index is -1.51. The molecule has 0 amide bonds. The number of hydrogen-bond acceptors (Lipinski definition) is 9. The first-order chi connectivity index (χ1) is 20.1. The first kappa shape index (κ1) is 29.8. The van der Waals surface area contributed by atoms with E-state index in [2.05, 4.69) is 9.97 Å². The van der Waals surface area contributed by atoms with Gasteiger partial charge in [0.25, 0.3) is 0 Å². The maximum Gasteiger partial charge on any atom is 0.338 e. The molecule has 12 heteroatoms. The third-order valence-corrected chi connectivity index (χ3v) is 8.00. The quantitative estimate of drug-likeness (QED) is 0.167. The highest BCUT2D eigenvalue weighted by Crippen LogP contribution is 2.37. The number of rotatable bonds is 9. The second kappa shape index (κ2) is 12.7. The van der Waals surface area contributed by atoms with Crippen molar-refractivity contribution in [2.45, 2.75) is 50.3 Å². The number of hydrogen-bond donors (Lipinski definition) is 1. The first-order valence-corrected chi connectivity index (χ1v) is 15.3. The highest BCUT2D eigenvalue weighted by atomic mass is 35.5. The number of nitrogens with zero attached hydrogens (tertiary/aromatic N) is 3. The van der Waals surface area contributed by atoms with Crippen LogP contribution < -0.4 is 0 Å². The third-order valence-electron chi connectivity index (χ3n) is 7.03. The van der Waals surface area contributed by atoms with Crippen molar-refractivity contribution < 1.29 is 33.1 Å². The van der Waals surface area contributed by atoms with Crippen LogP contribution in [0.15, 0.2) is 59.9 Å². The Labute approximate surface area is 250 Å². The number of ether oxygens (including phenoxy) is 3. The molecule has 1 aliphatic rings. The summed E-state index contributed by atoms with van der Waals surface area (Å²) in [6.45, 7) is 3.53. The van der Waals surface area contributed by atoms with Crippen molar-refractivity contribution in [1.82, 2.24) is 14.5 Å². The molecule has 1 aliphatic heterocycles. The number of carbonyl (C=O) groups excluding carboxylic acids is 2. The van der Waals surface area contributed by atoms with Gasteiger partial charge in [-0.2, -0.15) is 0 Å². The lowest BCUT2D eigenvalue weighted by Crippen LogP contribution is -2.32. The zero-order chi connectivity index (χ0) is 30.0. The van der Waals surface area contributed by atoms with Gasteiger partial charge in [0.1, 0.15) is 35.8 Å². The molecule has 0 aliphatic carbocycles. The van der Waals surface area contributed by atoms with E-state index >= 15 is 0 Å². The molecule has 0 saturated carbocycles. The number of aryl methyl sites for hydroxylation is 2. The Kier molecular flexibility index (Phi) is 9.02. The van der Waals surface area contributed by atoms with E-state index in [-0.39, 0.29) is 36.4 Å². The monoisotopic (exact) mass is 611 g/mol. The molecule has 1 N–H and O–H groups in total. The fraction of sp³-hybridized carbons (Fsp3) is 0.333. The lowest BCUT2D eigenvalue weighted by atomic mass is 10.1. The second-order valence-electron chi connectivity index (χ2n) is 10.1. The van der Waals surface area contributed by atoms with Crippen LogP contribution in [0.4, 0.5) is 0 Å². The Morgan fingerprint density at radius 3 is 2.26 bits per heavy atom. The molecule has 0 bridgehead atoms. The van der Waals surface area contributed by atoms with E-state index in [0.29, 0.717) is 27.7 Å². The van der Waals surface area contributed by atoms with Gasteiger partial charge in [0, 0.05) is 25.5 Å². The molecular weight excluding hydrogens is 582 g/mol. The molecule has 1 saturated heterocycles. The van der Waals surface area contributed by atoms with Gasteiger partial charge < -0.3 is 23.9 Å². The summed E-state index contributed by atoms with van der Waals surface area (Å²) in [5.74, 6) is -1.07. The van der Waals surface area contributed by atoms with Crippen molar-refractivity contribution in [3.8, 4) is 0 Å². The number of aliphatic hydroxyl groups is 1. The zero-order valence-electron chi connectivity index (χ0n) is 23.3. The first-order valence-electron chi connectivity index (χ1n) is 13.3. The van der Waals surface area contributed by atoms with Gasteiger partial charge in [0.15, 0.2) is 0 Å². The van der Waals surface area contributed by atoms with Crippen LogP contribution in [0.25, 0.3) is 11.0 Å². The number of aliphatic hydroxyl groups excluding tert-OH is 1. The summed E-state index contributed by atoms with van der Waals surface area (Å²) < 4.78 is 31.7. The predicted octanol–water partition coefficient (Wildman–Crippen LogP) is 4.34. The van der Waals surface area contributed by atoms with Crippen LogP contribution in [-0.4, -0.2) is 67.5 Å². The lowest BCUT2D eigenvalue weighted by Gasteiger charge is -2.19. The highest BCUT2D eigenvalue weighted by Gasteiger charge is 2.41. The summed E-state index contributed by atoms with van der Waals surface area (Å²) in [7, 11) is -1.51. The van der Waals surface area contributed by atoms with Crippen LogP contribution >= 0.6 is 11.6 Å². The molecule has 1 fully saturated rings. The van der Waals surface area contributed by atoms with E-state index in [4.69, 9.17) is 25.8 Å². The van der Waals surface area contributed by atoms with Crippen LogP contribution in [-0.2, 0) is 31.4 Å². The Balaban J connectivity index is 1.45. The predicted molar refractivity (Wildman–Crippen MR) is 156 cm³/mol. The van der Waals surface area contributed by atoms with Crippen molar-refractivity contribution in [1.29, 1.82) is 0 Å². The van der Waals surface area contributed by atoms with E-state index in [0.717, 1.165) is 11.1 Å². The summed E-state index contributed by atoms with van der Waals surface area (Å²) in [6, 6.07) is 14.0. The molecule has 220 valence electrons. The average Bonchev–Trinajstić information content (AvgIpc) is 3.53. The van der Waals surface area contributed by atoms with E-state index in [1.54, 1.807) is 35.0 Å². The van der Waals surface area contributed by atoms with Gasteiger partial charge in [-0.3, -0.25) is 4.21 Å². The molecule has 42 heavy (non-hydrogen) atoms. The Morgan fingerprint density at radius 1 is 1.05 bits per heavy atom. The van der Waals surface area contributed by atoms with Crippen molar-refractivity contribution in [2.24, 2.45) is 0 Å². The molecule has 0 radical (unpaired) electrons. The summed E-state index contributed by atoms with van der Waals surface area (Å²) >= 11 is 6.48. The largest absolute Gasteiger partial charge is 0.459 e. The van der Waals surface area contributed by atoms with E-state index in [1.807, 2.05) is 38.1 Å². The maximum absolute atomic E-state index is 13.1. The van der Waals surface area contributed by atoms with E-state index in [1.165, 1.54) is 6.26 Å². The highest BCUT2D eigenvalue weighted by molar-refractivity contribution is 7.84. The number of fused-ring (bicyclic) bond motifs is 1. The van der Waals surface area contributed by atoms with Gasteiger partial charge in [0.2, 0.25) is 5.16 Å². The number of halogens is 1. The topological polar surface area (TPSA) is 130 Å². The van der Waals surface area contributed by atoms with Gasteiger partial charge in [-0.05, 0) is 50.1 Å². The fourth-order valence-corrected chi connectivity index (χ4v) is 5.56. The molecule has 4 atom stereocenters. The Morgan fingerprint density at radius 2 is 1.67 bits per heavy atom. The molecule has 4 aromatic rings. The Bertz CT molecular complexity index is 1640. The number of benzene rings is 2. The van der Waals surface area contributed by atoms with Gasteiger partial charge >= 0.3 is 11.9 Å². The average molecular weight is 612 g/mol. The third kappa shape index (κ3) is 6.39. The SMILES string of the molecule is Cc1ccc(C(=O)OC[C@H]2O[C@@H](n3cc(CCO)c4c(Cl)nc(S(C)=O)nc43)C[C@@H]2OC(=O)c2ccc(C)cc2)cc1. The second-order valence-corrected chi connectivity index (χ2v) is 11.8. The minimum Gasteiger partial charge on any atom is -0.459 e. The van der Waals surface area contributed by atoms with Crippen molar-refractivity contribution in [2.75, 3.05) is 19.5 Å². The lowest BCUT2D eigenvalue weighted by molar-refractivity contribution is -0.0562. The number of carbonyl (C=O) groups is 2. The summed E-state index contributed by atoms with van der Waals surface area (Å²) in [5, 5.41) is 10.3. The van der Waals surface area contributed by atoms with Crippen molar-refractivity contribution in [3.63, 3.8) is 0 Å². The summed E-state index contributed by atoms with van der Waals surface area (Å²) in [5.41, 5.74) is 3.83. The molecule has 2 aromatic carbocycles. The molecule has 5 rings (SSSR count). The van der Waals surface area contributed by atoms with Gasteiger partial charge in [-0.1, -0.05) is 47.0 Å². The minimum absolute atomic E-state index is 0.0475. The van der Waals surface area contributed by atoms with Crippen LogP contribution in [0.5, 0.6) is 0 Å². The Hall–Kier alpha value is -3.64. The fourth-order valence-electron chi connectivity index (χ4n) is 4.79. The van der Waals surface area contributed by atoms with Crippen LogP contribution in [0.2, 0.25) is 5.15 Å². The number of aromatic nitrogens is 3. The molecular formula is C30H30ClN3O7S. The van der Waals surface area contributed by atoms with E-state index in [9.17, 15) is 18.9 Å². The zero-order valence-corrected chi connectivity index (χ0v) is 24.9. The summed E-state index contributed by atoms with van der Waals surface area (Å²) in [6.07, 6.45) is 1.40. The van der Waals surface area contributed by atoms with Gasteiger partial charge in [-0.15, -0.1) is 0 Å². The smallest absolute Gasteiger partial charge is 0.338 e. The molecule has 2 aromatic heterocycles. The molecule has 10 nitrogen and oxygen atoms in total. The van der Waals surface area contributed by atoms with Crippen LogP contribution in [0.3, 0.4) is 0 Å². The normalized spacial score (nSPS) is 19.1. The molecule has 1 unspecified atom stereocenters. The summed E-state index contributed by atoms with van der Waals surface area (Å²) in [4.78, 5) is 34.5.